The van der Waals surface area contributed by atoms with E-state index < -0.39 is 0 Å². The van der Waals surface area contributed by atoms with Crippen LogP contribution in [0.4, 0.5) is 0 Å². The number of methoxy groups -OCH3 is 1. The van der Waals surface area contributed by atoms with Gasteiger partial charge >= 0.3 is 5.97 Å². The molecule has 0 bridgehead atoms. The van der Waals surface area contributed by atoms with Crippen molar-refractivity contribution in [2.45, 2.75) is 18.6 Å². The standard InChI is InChI=1S/C8H12O2S/c1-6-7(3-4-11-6)5-8(9)10-2/h5-6H,3-4H2,1-2H3/b7-5-. The van der Waals surface area contributed by atoms with Crippen LogP contribution in [0.5, 0.6) is 0 Å². The molecule has 1 unspecified atom stereocenters. The van der Waals surface area contributed by atoms with Crippen molar-refractivity contribution < 1.29 is 9.53 Å². The van der Waals surface area contributed by atoms with E-state index in [1.54, 1.807) is 6.08 Å². The van der Waals surface area contributed by atoms with E-state index in [1.165, 1.54) is 12.7 Å². The van der Waals surface area contributed by atoms with Crippen molar-refractivity contribution in [1.29, 1.82) is 0 Å². The van der Waals surface area contributed by atoms with Gasteiger partial charge < -0.3 is 4.74 Å². The monoisotopic (exact) mass is 172 g/mol. The number of hydrogen-bond acceptors (Lipinski definition) is 3. The molecular formula is C8H12O2S. The third-order valence-electron chi connectivity index (χ3n) is 1.79. The Bertz CT molecular complexity index is 187. The minimum atomic E-state index is -0.227. The van der Waals surface area contributed by atoms with Crippen molar-refractivity contribution in [3.63, 3.8) is 0 Å². The number of ether oxygens (including phenoxy) is 1. The van der Waals surface area contributed by atoms with E-state index in [0.717, 1.165) is 12.2 Å². The Labute approximate surface area is 71.0 Å². The van der Waals surface area contributed by atoms with Gasteiger partial charge in [0, 0.05) is 11.3 Å². The maximum Gasteiger partial charge on any atom is 0.330 e. The van der Waals surface area contributed by atoms with Crippen molar-refractivity contribution in [3.05, 3.63) is 11.6 Å². The zero-order chi connectivity index (χ0) is 8.27. The molecule has 1 aliphatic rings. The Morgan fingerprint density at radius 3 is 3.00 bits per heavy atom. The molecule has 1 aliphatic heterocycles. The lowest BCUT2D eigenvalue weighted by Crippen LogP contribution is -2.00. The Morgan fingerprint density at radius 1 is 1.82 bits per heavy atom. The van der Waals surface area contributed by atoms with Crippen LogP contribution in [0.2, 0.25) is 0 Å². The molecule has 1 heterocycles. The lowest BCUT2D eigenvalue weighted by Gasteiger charge is -2.01. The highest BCUT2D eigenvalue weighted by molar-refractivity contribution is 8.00. The van der Waals surface area contributed by atoms with Gasteiger partial charge in [-0.3, -0.25) is 0 Å². The number of carbonyl (C=O) groups is 1. The molecule has 0 aromatic rings. The molecule has 0 amide bonds. The lowest BCUT2D eigenvalue weighted by molar-refractivity contribution is -0.134. The average molecular weight is 172 g/mol. The van der Waals surface area contributed by atoms with Crippen LogP contribution >= 0.6 is 11.8 Å². The summed E-state index contributed by atoms with van der Waals surface area (Å²) in [7, 11) is 1.41. The van der Waals surface area contributed by atoms with E-state index in [-0.39, 0.29) is 5.97 Å². The van der Waals surface area contributed by atoms with Gasteiger partial charge in [-0.2, -0.15) is 11.8 Å². The second-order valence-corrected chi connectivity index (χ2v) is 3.95. The molecule has 1 atom stereocenters. The molecule has 0 aliphatic carbocycles. The van der Waals surface area contributed by atoms with Crippen LogP contribution in [0.1, 0.15) is 13.3 Å². The van der Waals surface area contributed by atoms with Crippen LogP contribution in [0.3, 0.4) is 0 Å². The minimum absolute atomic E-state index is 0.227. The molecule has 11 heavy (non-hydrogen) atoms. The number of thioether (sulfide) groups is 1. The molecule has 3 heteroatoms. The molecule has 0 aromatic carbocycles. The van der Waals surface area contributed by atoms with Crippen molar-refractivity contribution in [1.82, 2.24) is 0 Å². The summed E-state index contributed by atoms with van der Waals surface area (Å²) < 4.78 is 4.54. The second kappa shape index (κ2) is 3.81. The van der Waals surface area contributed by atoms with Crippen LogP contribution in [0, 0.1) is 0 Å². The van der Waals surface area contributed by atoms with Crippen LogP contribution in [0.15, 0.2) is 11.6 Å². The first-order valence-corrected chi connectivity index (χ1v) is 4.69. The summed E-state index contributed by atoms with van der Waals surface area (Å²) in [4.78, 5) is 10.8. The summed E-state index contributed by atoms with van der Waals surface area (Å²) >= 11 is 1.88. The van der Waals surface area contributed by atoms with Gasteiger partial charge in [-0.15, -0.1) is 0 Å². The number of rotatable bonds is 1. The van der Waals surface area contributed by atoms with Crippen molar-refractivity contribution in [3.8, 4) is 0 Å². The average Bonchev–Trinajstić information content (AvgIpc) is 2.37. The Morgan fingerprint density at radius 2 is 2.55 bits per heavy atom. The van der Waals surface area contributed by atoms with Gasteiger partial charge in [0.25, 0.3) is 0 Å². The summed E-state index contributed by atoms with van der Waals surface area (Å²) in [5, 5.41) is 0.495. The molecule has 62 valence electrons. The highest BCUT2D eigenvalue weighted by Gasteiger charge is 2.17. The fourth-order valence-electron chi connectivity index (χ4n) is 1.06. The topological polar surface area (TPSA) is 26.3 Å². The number of esters is 1. The van der Waals surface area contributed by atoms with Gasteiger partial charge in [-0.25, -0.2) is 4.79 Å². The van der Waals surface area contributed by atoms with Gasteiger partial charge in [0.1, 0.15) is 0 Å². The van der Waals surface area contributed by atoms with E-state index >= 15 is 0 Å². The van der Waals surface area contributed by atoms with E-state index in [1.807, 2.05) is 11.8 Å². The molecule has 1 fully saturated rings. The summed E-state index contributed by atoms with van der Waals surface area (Å²) in [6.45, 7) is 2.12. The molecule has 2 nitrogen and oxygen atoms in total. The summed E-state index contributed by atoms with van der Waals surface area (Å²) in [5.74, 6) is 0.902. The van der Waals surface area contributed by atoms with Gasteiger partial charge in [0.15, 0.2) is 0 Å². The van der Waals surface area contributed by atoms with Crippen LogP contribution in [0.25, 0.3) is 0 Å². The Kier molecular flexibility index (Phi) is 3.00. The van der Waals surface area contributed by atoms with E-state index in [9.17, 15) is 4.79 Å². The number of hydrogen-bond donors (Lipinski definition) is 0. The Hall–Kier alpha value is -0.440. The smallest absolute Gasteiger partial charge is 0.330 e. The van der Waals surface area contributed by atoms with Gasteiger partial charge in [0.05, 0.1) is 7.11 Å². The zero-order valence-corrected chi connectivity index (χ0v) is 7.61. The highest BCUT2D eigenvalue weighted by Crippen LogP contribution is 2.30. The second-order valence-electron chi connectivity index (χ2n) is 2.51. The van der Waals surface area contributed by atoms with Gasteiger partial charge in [-0.1, -0.05) is 0 Å². The first-order valence-electron chi connectivity index (χ1n) is 3.64. The van der Waals surface area contributed by atoms with Gasteiger partial charge in [0.2, 0.25) is 0 Å². The summed E-state index contributed by atoms with van der Waals surface area (Å²) in [6, 6.07) is 0. The maximum absolute atomic E-state index is 10.8. The molecule has 0 spiro atoms. The fraction of sp³-hybridized carbons (Fsp3) is 0.625. The molecule has 0 saturated carbocycles. The van der Waals surface area contributed by atoms with Gasteiger partial charge in [-0.05, 0) is 24.7 Å². The van der Waals surface area contributed by atoms with Crippen LogP contribution in [-0.2, 0) is 9.53 Å². The molecule has 0 N–H and O–H groups in total. The van der Waals surface area contributed by atoms with E-state index in [0.29, 0.717) is 5.25 Å². The van der Waals surface area contributed by atoms with Crippen molar-refractivity contribution >= 4 is 17.7 Å². The predicted molar refractivity (Wildman–Crippen MR) is 46.6 cm³/mol. The zero-order valence-electron chi connectivity index (χ0n) is 6.79. The van der Waals surface area contributed by atoms with E-state index in [4.69, 9.17) is 0 Å². The summed E-state index contributed by atoms with van der Waals surface area (Å²) in [6.07, 6.45) is 2.64. The first kappa shape index (κ1) is 8.65. The third kappa shape index (κ3) is 2.26. The quantitative estimate of drug-likeness (QED) is 0.444. The molecule has 0 aromatic heterocycles. The molecule has 1 rings (SSSR count). The third-order valence-corrected chi connectivity index (χ3v) is 3.03. The fourth-order valence-corrected chi connectivity index (χ4v) is 2.17. The van der Waals surface area contributed by atoms with Crippen molar-refractivity contribution in [2.75, 3.05) is 12.9 Å². The lowest BCUT2D eigenvalue weighted by atomic mass is 10.1. The maximum atomic E-state index is 10.8. The Balaban J connectivity index is 2.57. The minimum Gasteiger partial charge on any atom is -0.466 e. The summed E-state index contributed by atoms with van der Waals surface area (Å²) in [5.41, 5.74) is 1.21. The largest absolute Gasteiger partial charge is 0.466 e. The predicted octanol–water partition coefficient (Wildman–Crippen LogP) is 1.61. The van der Waals surface area contributed by atoms with E-state index in [2.05, 4.69) is 11.7 Å². The number of carbonyl (C=O) groups excluding carboxylic acids is 1. The molecular weight excluding hydrogens is 160 g/mol. The van der Waals surface area contributed by atoms with Crippen molar-refractivity contribution in [2.24, 2.45) is 0 Å². The first-order chi connectivity index (χ1) is 5.24. The van der Waals surface area contributed by atoms with Crippen LogP contribution < -0.4 is 0 Å². The highest BCUT2D eigenvalue weighted by atomic mass is 32.2. The normalized spacial score (nSPS) is 27.5. The SMILES string of the molecule is COC(=O)/C=C1/CCSC1C. The molecule has 1 saturated heterocycles. The van der Waals surface area contributed by atoms with Crippen LogP contribution in [-0.4, -0.2) is 24.1 Å². The molecule has 0 radical (unpaired) electrons.